The van der Waals surface area contributed by atoms with Crippen molar-refractivity contribution in [1.82, 2.24) is 20.3 Å². The van der Waals surface area contributed by atoms with Crippen LogP contribution in [0.1, 0.15) is 45.4 Å². The first-order valence-electron chi connectivity index (χ1n) is 10.9. The van der Waals surface area contributed by atoms with Gasteiger partial charge in [0.1, 0.15) is 10.7 Å². The Morgan fingerprint density at radius 2 is 2.03 bits per heavy atom. The van der Waals surface area contributed by atoms with E-state index in [1.165, 1.54) is 21.7 Å². The summed E-state index contributed by atoms with van der Waals surface area (Å²) in [6.45, 7) is 2.60. The number of H-pyrrole nitrogens is 1. The van der Waals surface area contributed by atoms with Gasteiger partial charge in [-0.3, -0.25) is 9.59 Å². The molecule has 6 nitrogen and oxygen atoms in total. The maximum Gasteiger partial charge on any atom is 0.259 e. The molecule has 4 aromatic heterocycles. The minimum atomic E-state index is -0.0615. The number of carbonyl (C=O) groups excluding carboxylic acids is 1. The van der Waals surface area contributed by atoms with Crippen molar-refractivity contribution in [3.63, 3.8) is 0 Å². The first-order chi connectivity index (χ1) is 15.6. The molecule has 2 N–H and O–H groups in total. The van der Waals surface area contributed by atoms with Gasteiger partial charge in [-0.05, 0) is 56.7 Å². The second kappa shape index (κ2) is 9.25. The number of nitrogens with one attached hydrogen (secondary N) is 2. The largest absolute Gasteiger partial charge is 0.356 e. The Morgan fingerprint density at radius 1 is 1.16 bits per heavy atom. The number of rotatable bonds is 7. The van der Waals surface area contributed by atoms with Gasteiger partial charge in [0.25, 0.3) is 5.56 Å². The minimum Gasteiger partial charge on any atom is -0.356 e. The molecule has 0 aromatic carbocycles. The average molecular weight is 485 g/mol. The molecule has 1 aliphatic rings. The molecule has 4 aromatic rings. The van der Waals surface area contributed by atoms with E-state index >= 15 is 0 Å². The minimum absolute atomic E-state index is 0.0230. The van der Waals surface area contributed by atoms with Gasteiger partial charge in [0, 0.05) is 34.5 Å². The Morgan fingerprint density at radius 3 is 2.88 bits per heavy atom. The highest BCUT2D eigenvalue weighted by Gasteiger charge is 2.20. The summed E-state index contributed by atoms with van der Waals surface area (Å²) < 4.78 is 0. The molecule has 0 bridgehead atoms. The molecule has 0 fully saturated rings. The zero-order valence-electron chi connectivity index (χ0n) is 17.8. The zero-order chi connectivity index (χ0) is 22.1. The highest BCUT2D eigenvalue weighted by atomic mass is 32.1. The summed E-state index contributed by atoms with van der Waals surface area (Å²) in [6, 6.07) is 4.20. The number of carbonyl (C=O) groups is 1. The number of nitrogens with zero attached hydrogens (tertiary/aromatic N) is 2. The smallest absolute Gasteiger partial charge is 0.259 e. The molecule has 9 heteroatoms. The van der Waals surface area contributed by atoms with Crippen molar-refractivity contribution in [2.24, 2.45) is 0 Å². The topological polar surface area (TPSA) is 87.7 Å². The van der Waals surface area contributed by atoms with Crippen LogP contribution in [0, 0.1) is 6.92 Å². The Hall–Kier alpha value is -2.36. The fourth-order valence-corrected chi connectivity index (χ4v) is 7.04. The number of amides is 1. The first kappa shape index (κ1) is 21.5. The number of hydrogen-bond acceptors (Lipinski definition) is 7. The zero-order valence-corrected chi connectivity index (χ0v) is 20.3. The monoisotopic (exact) mass is 484 g/mol. The molecule has 0 unspecified atom stereocenters. The SMILES string of the molecule is Cc1nc(-c2ccc(CCNC(=O)CCc3nc4sc5c(c4c(=O)[nH]3)CCCC5)s2)cs1. The summed E-state index contributed by atoms with van der Waals surface area (Å²) in [4.78, 5) is 41.5. The third kappa shape index (κ3) is 4.55. The molecule has 0 aliphatic heterocycles. The Kier molecular flexibility index (Phi) is 6.21. The van der Waals surface area contributed by atoms with E-state index in [9.17, 15) is 9.59 Å². The number of fused-ring (bicyclic) bond motifs is 3. The van der Waals surface area contributed by atoms with E-state index in [1.807, 2.05) is 6.92 Å². The number of thiophene rings is 2. The lowest BCUT2D eigenvalue weighted by atomic mass is 9.97. The molecule has 0 saturated carbocycles. The fraction of sp³-hybridized carbons (Fsp3) is 0.391. The van der Waals surface area contributed by atoms with Gasteiger partial charge in [0.05, 0.1) is 21.0 Å². The molecule has 1 aliphatic carbocycles. The van der Waals surface area contributed by atoms with Crippen LogP contribution in [0.5, 0.6) is 0 Å². The van der Waals surface area contributed by atoms with Crippen molar-refractivity contribution in [1.29, 1.82) is 0 Å². The fourth-order valence-electron chi connectivity index (χ4n) is 4.10. The Labute approximate surface area is 197 Å². The maximum atomic E-state index is 12.6. The standard InChI is InChI=1S/C23H24N4O2S3/c1-13-25-16(12-30-13)18-7-6-14(31-18)10-11-24-20(28)9-8-19-26-22(29)21-15-4-2-3-5-17(15)32-23(21)27-19/h6-7,12H,2-5,8-11H2,1H3,(H,24,28)(H,26,27,29). The van der Waals surface area contributed by atoms with Crippen LogP contribution < -0.4 is 10.9 Å². The van der Waals surface area contributed by atoms with E-state index in [4.69, 9.17) is 0 Å². The molecule has 0 atom stereocenters. The van der Waals surface area contributed by atoms with Gasteiger partial charge in [0.15, 0.2) is 0 Å². The van der Waals surface area contributed by atoms with Crippen molar-refractivity contribution in [3.05, 3.63) is 54.0 Å². The summed E-state index contributed by atoms with van der Waals surface area (Å²) in [7, 11) is 0. The molecular weight excluding hydrogens is 460 g/mol. The quantitative estimate of drug-likeness (QED) is 0.400. The molecule has 0 saturated heterocycles. The van der Waals surface area contributed by atoms with E-state index in [-0.39, 0.29) is 11.5 Å². The van der Waals surface area contributed by atoms with Crippen molar-refractivity contribution >= 4 is 50.1 Å². The second-order valence-electron chi connectivity index (χ2n) is 8.02. The van der Waals surface area contributed by atoms with E-state index in [2.05, 4.69) is 37.8 Å². The summed E-state index contributed by atoms with van der Waals surface area (Å²) in [5.41, 5.74) is 2.15. The molecule has 4 heterocycles. The van der Waals surface area contributed by atoms with Gasteiger partial charge in [-0.25, -0.2) is 9.97 Å². The number of hydrogen-bond donors (Lipinski definition) is 2. The first-order valence-corrected chi connectivity index (χ1v) is 13.4. The lowest BCUT2D eigenvalue weighted by Crippen LogP contribution is -2.26. The maximum absolute atomic E-state index is 12.6. The summed E-state index contributed by atoms with van der Waals surface area (Å²) in [5, 5.41) is 6.89. The predicted octanol–water partition coefficient (Wildman–Crippen LogP) is 4.65. The lowest BCUT2D eigenvalue weighted by Gasteiger charge is -2.09. The molecule has 0 radical (unpaired) electrons. The van der Waals surface area contributed by atoms with Crippen LogP contribution in [-0.2, 0) is 30.5 Å². The molecule has 0 spiro atoms. The molecule has 32 heavy (non-hydrogen) atoms. The number of aryl methyl sites for hydroxylation is 4. The van der Waals surface area contributed by atoms with Crippen molar-refractivity contribution < 1.29 is 4.79 Å². The van der Waals surface area contributed by atoms with Crippen LogP contribution in [0.4, 0.5) is 0 Å². The van der Waals surface area contributed by atoms with E-state index in [0.29, 0.717) is 25.2 Å². The van der Waals surface area contributed by atoms with Crippen LogP contribution in [-0.4, -0.2) is 27.4 Å². The van der Waals surface area contributed by atoms with Gasteiger partial charge in [-0.15, -0.1) is 34.0 Å². The number of aromatic amines is 1. The van der Waals surface area contributed by atoms with Crippen LogP contribution in [0.3, 0.4) is 0 Å². The molecular formula is C23H24N4O2S3. The van der Waals surface area contributed by atoms with Crippen LogP contribution in [0.25, 0.3) is 20.8 Å². The summed E-state index contributed by atoms with van der Waals surface area (Å²) >= 11 is 5.01. The van der Waals surface area contributed by atoms with Gasteiger partial charge in [-0.1, -0.05) is 0 Å². The van der Waals surface area contributed by atoms with Gasteiger partial charge in [0.2, 0.25) is 5.91 Å². The number of aromatic nitrogens is 3. The average Bonchev–Trinajstić information content (AvgIpc) is 3.50. The van der Waals surface area contributed by atoms with Crippen molar-refractivity contribution in [2.45, 2.75) is 51.9 Å². The normalized spacial score (nSPS) is 13.4. The van der Waals surface area contributed by atoms with Crippen molar-refractivity contribution in [3.8, 4) is 10.6 Å². The van der Waals surface area contributed by atoms with Crippen LogP contribution >= 0.6 is 34.0 Å². The summed E-state index contributed by atoms with van der Waals surface area (Å²) in [5.74, 6) is 0.572. The molecule has 166 valence electrons. The van der Waals surface area contributed by atoms with Crippen molar-refractivity contribution in [2.75, 3.05) is 6.54 Å². The van der Waals surface area contributed by atoms with E-state index in [0.717, 1.165) is 51.5 Å². The third-order valence-corrected chi connectivity index (χ3v) is 8.82. The second-order valence-corrected chi connectivity index (χ2v) is 11.3. The third-order valence-electron chi connectivity index (χ3n) is 5.69. The van der Waals surface area contributed by atoms with E-state index < -0.39 is 0 Å². The van der Waals surface area contributed by atoms with Gasteiger partial charge >= 0.3 is 0 Å². The van der Waals surface area contributed by atoms with Gasteiger partial charge in [-0.2, -0.15) is 0 Å². The molecule has 5 rings (SSSR count). The Bertz CT molecular complexity index is 1330. The number of thiazole rings is 1. The predicted molar refractivity (Wildman–Crippen MR) is 132 cm³/mol. The van der Waals surface area contributed by atoms with Crippen LogP contribution in [0.2, 0.25) is 0 Å². The lowest BCUT2D eigenvalue weighted by molar-refractivity contribution is -0.121. The highest BCUT2D eigenvalue weighted by molar-refractivity contribution is 7.18. The molecule has 1 amide bonds. The highest BCUT2D eigenvalue weighted by Crippen LogP contribution is 2.33. The summed E-state index contributed by atoms with van der Waals surface area (Å²) in [6.07, 6.45) is 5.87. The van der Waals surface area contributed by atoms with E-state index in [1.54, 1.807) is 34.0 Å². The Balaban J connectivity index is 1.14. The van der Waals surface area contributed by atoms with Crippen LogP contribution in [0.15, 0.2) is 22.3 Å². The van der Waals surface area contributed by atoms with Gasteiger partial charge < -0.3 is 10.3 Å².